The molecule has 27 heavy (non-hydrogen) atoms. The van der Waals surface area contributed by atoms with E-state index >= 15 is 0 Å². The summed E-state index contributed by atoms with van der Waals surface area (Å²) in [5, 5.41) is 13.0. The summed E-state index contributed by atoms with van der Waals surface area (Å²) in [5.41, 5.74) is 1.43. The van der Waals surface area contributed by atoms with Crippen LogP contribution in [0.4, 0.5) is 5.69 Å². The molecule has 0 saturated heterocycles. The first-order valence-corrected chi connectivity index (χ1v) is 9.80. The van der Waals surface area contributed by atoms with E-state index in [0.29, 0.717) is 33.3 Å². The maximum atomic E-state index is 12.2. The number of hydrogen-bond donors (Lipinski definition) is 1. The zero-order valence-corrected chi connectivity index (χ0v) is 16.6. The Kier molecular flexibility index (Phi) is 6.55. The number of anilines is 1. The van der Waals surface area contributed by atoms with Crippen molar-refractivity contribution < 1.29 is 4.79 Å². The van der Waals surface area contributed by atoms with Gasteiger partial charge in [0.15, 0.2) is 11.0 Å². The summed E-state index contributed by atoms with van der Waals surface area (Å²) >= 11 is 13.4. The second-order valence-corrected chi connectivity index (χ2v) is 7.32. The van der Waals surface area contributed by atoms with E-state index in [1.54, 1.807) is 24.3 Å². The molecule has 0 aliphatic carbocycles. The van der Waals surface area contributed by atoms with E-state index in [2.05, 4.69) is 22.1 Å². The van der Waals surface area contributed by atoms with Gasteiger partial charge in [-0.05, 0) is 24.3 Å². The van der Waals surface area contributed by atoms with Crippen LogP contribution in [0.2, 0.25) is 10.0 Å². The van der Waals surface area contributed by atoms with Gasteiger partial charge in [0.2, 0.25) is 5.91 Å². The van der Waals surface area contributed by atoms with Crippen LogP contribution >= 0.6 is 35.0 Å². The molecule has 8 heteroatoms. The number of thioether (sulfide) groups is 1. The van der Waals surface area contributed by atoms with Crippen molar-refractivity contribution in [1.29, 1.82) is 0 Å². The van der Waals surface area contributed by atoms with Crippen LogP contribution in [-0.2, 0) is 11.3 Å². The van der Waals surface area contributed by atoms with Gasteiger partial charge in [0, 0.05) is 17.1 Å². The highest BCUT2D eigenvalue weighted by molar-refractivity contribution is 7.99. The van der Waals surface area contributed by atoms with E-state index in [0.717, 1.165) is 5.56 Å². The number of halogens is 2. The van der Waals surface area contributed by atoms with Crippen molar-refractivity contribution >= 4 is 46.6 Å². The molecule has 0 saturated carbocycles. The first-order valence-electron chi connectivity index (χ1n) is 8.05. The molecule has 1 amide bonds. The van der Waals surface area contributed by atoms with Crippen LogP contribution in [0.1, 0.15) is 0 Å². The number of nitrogens with zero attached hydrogens (tertiary/aromatic N) is 3. The van der Waals surface area contributed by atoms with Crippen molar-refractivity contribution in [3.63, 3.8) is 0 Å². The topological polar surface area (TPSA) is 59.8 Å². The lowest BCUT2D eigenvalue weighted by atomic mass is 10.2. The molecule has 138 valence electrons. The molecule has 5 nitrogen and oxygen atoms in total. The lowest BCUT2D eigenvalue weighted by molar-refractivity contribution is -0.113. The van der Waals surface area contributed by atoms with Crippen LogP contribution in [0, 0.1) is 0 Å². The summed E-state index contributed by atoms with van der Waals surface area (Å²) in [6.07, 6.45) is 1.76. The normalized spacial score (nSPS) is 10.6. The van der Waals surface area contributed by atoms with Crippen molar-refractivity contribution in [3.8, 4) is 11.4 Å². The molecular formula is C19H16Cl2N4OS. The fourth-order valence-corrected chi connectivity index (χ4v) is 3.53. The van der Waals surface area contributed by atoms with E-state index < -0.39 is 0 Å². The summed E-state index contributed by atoms with van der Waals surface area (Å²) in [6, 6.07) is 14.5. The van der Waals surface area contributed by atoms with Gasteiger partial charge < -0.3 is 5.32 Å². The van der Waals surface area contributed by atoms with Crippen molar-refractivity contribution in [1.82, 2.24) is 14.8 Å². The van der Waals surface area contributed by atoms with Crippen molar-refractivity contribution in [2.75, 3.05) is 11.1 Å². The van der Waals surface area contributed by atoms with Gasteiger partial charge >= 0.3 is 0 Å². The number of amides is 1. The van der Waals surface area contributed by atoms with Crippen molar-refractivity contribution in [2.24, 2.45) is 0 Å². The SMILES string of the molecule is C=CCn1c(SCC(=O)Nc2ccccc2Cl)nnc1-c1cccc(Cl)c1. The maximum absolute atomic E-state index is 12.2. The Balaban J connectivity index is 1.74. The predicted molar refractivity (Wildman–Crippen MR) is 111 cm³/mol. The largest absolute Gasteiger partial charge is 0.324 e. The maximum Gasteiger partial charge on any atom is 0.234 e. The zero-order valence-electron chi connectivity index (χ0n) is 14.2. The molecule has 0 radical (unpaired) electrons. The van der Waals surface area contributed by atoms with Gasteiger partial charge in [0.05, 0.1) is 16.5 Å². The third kappa shape index (κ3) is 4.91. The quantitative estimate of drug-likeness (QED) is 0.424. The Labute approximate surface area is 171 Å². The summed E-state index contributed by atoms with van der Waals surface area (Å²) in [4.78, 5) is 12.2. The van der Waals surface area contributed by atoms with Gasteiger partial charge in [-0.1, -0.05) is 65.3 Å². The van der Waals surface area contributed by atoms with Gasteiger partial charge in [-0.2, -0.15) is 0 Å². The fourth-order valence-electron chi connectivity index (χ4n) is 2.41. The van der Waals surface area contributed by atoms with Gasteiger partial charge in [-0.15, -0.1) is 16.8 Å². The minimum Gasteiger partial charge on any atom is -0.324 e. The second kappa shape index (κ2) is 9.08. The molecule has 0 unspecified atom stereocenters. The molecule has 0 bridgehead atoms. The number of aromatic nitrogens is 3. The standard InChI is InChI=1S/C19H16Cl2N4OS/c1-2-10-25-18(13-6-5-7-14(20)11-13)23-24-19(25)27-12-17(26)22-16-9-4-3-8-15(16)21/h2-9,11H,1,10,12H2,(H,22,26). The minimum atomic E-state index is -0.175. The Morgan fingerprint density at radius 1 is 1.19 bits per heavy atom. The van der Waals surface area contributed by atoms with Crippen LogP contribution in [0.15, 0.2) is 66.3 Å². The molecule has 0 atom stereocenters. The lowest BCUT2D eigenvalue weighted by Crippen LogP contribution is -2.15. The first-order chi connectivity index (χ1) is 13.1. The number of allylic oxidation sites excluding steroid dienone is 1. The summed E-state index contributed by atoms with van der Waals surface area (Å²) in [6.45, 7) is 4.30. The molecule has 1 N–H and O–H groups in total. The Morgan fingerprint density at radius 3 is 2.74 bits per heavy atom. The van der Waals surface area contributed by atoms with Crippen molar-refractivity contribution in [2.45, 2.75) is 11.7 Å². The third-order valence-electron chi connectivity index (χ3n) is 3.59. The van der Waals surface area contributed by atoms with Crippen molar-refractivity contribution in [3.05, 3.63) is 71.2 Å². The number of carbonyl (C=O) groups is 1. The smallest absolute Gasteiger partial charge is 0.234 e. The van der Waals surface area contributed by atoms with Gasteiger partial charge in [0.1, 0.15) is 0 Å². The monoisotopic (exact) mass is 418 g/mol. The number of nitrogens with one attached hydrogen (secondary N) is 1. The van der Waals surface area contributed by atoms with Crippen LogP contribution in [0.5, 0.6) is 0 Å². The number of hydrogen-bond acceptors (Lipinski definition) is 4. The fraction of sp³-hybridized carbons (Fsp3) is 0.105. The van der Waals surface area contributed by atoms with E-state index in [1.165, 1.54) is 11.8 Å². The van der Waals surface area contributed by atoms with Gasteiger partial charge in [-0.25, -0.2) is 0 Å². The average Bonchev–Trinajstić information content (AvgIpc) is 3.05. The van der Waals surface area contributed by atoms with Crippen LogP contribution < -0.4 is 5.32 Å². The molecule has 3 aromatic rings. The van der Waals surface area contributed by atoms with E-state index in [-0.39, 0.29) is 11.7 Å². The number of benzene rings is 2. The summed E-state index contributed by atoms with van der Waals surface area (Å²) < 4.78 is 1.89. The molecule has 1 heterocycles. The van der Waals surface area contributed by atoms with Crippen LogP contribution in [-0.4, -0.2) is 26.4 Å². The predicted octanol–water partition coefficient (Wildman–Crippen LogP) is 5.17. The Hall–Kier alpha value is -2.28. The van der Waals surface area contributed by atoms with Crippen LogP contribution in [0.25, 0.3) is 11.4 Å². The van der Waals surface area contributed by atoms with E-state index in [4.69, 9.17) is 23.2 Å². The third-order valence-corrected chi connectivity index (χ3v) is 5.12. The molecule has 0 fully saturated rings. The number of rotatable bonds is 7. The number of para-hydroxylation sites is 1. The highest BCUT2D eigenvalue weighted by atomic mass is 35.5. The average molecular weight is 419 g/mol. The van der Waals surface area contributed by atoms with Crippen LogP contribution in [0.3, 0.4) is 0 Å². The molecule has 0 aliphatic rings. The molecule has 3 rings (SSSR count). The number of carbonyl (C=O) groups excluding carboxylic acids is 1. The van der Waals surface area contributed by atoms with Gasteiger partial charge in [0.25, 0.3) is 0 Å². The van der Waals surface area contributed by atoms with Gasteiger partial charge in [-0.3, -0.25) is 9.36 Å². The molecular weight excluding hydrogens is 403 g/mol. The second-order valence-electron chi connectivity index (χ2n) is 5.53. The molecule has 0 spiro atoms. The Morgan fingerprint density at radius 2 is 2.00 bits per heavy atom. The minimum absolute atomic E-state index is 0.175. The summed E-state index contributed by atoms with van der Waals surface area (Å²) in [7, 11) is 0. The summed E-state index contributed by atoms with van der Waals surface area (Å²) in [5.74, 6) is 0.674. The molecule has 2 aromatic carbocycles. The Bertz CT molecular complexity index is 974. The zero-order chi connectivity index (χ0) is 19.2. The highest BCUT2D eigenvalue weighted by Crippen LogP contribution is 2.26. The first kappa shape index (κ1) is 19.5. The molecule has 1 aromatic heterocycles. The highest BCUT2D eigenvalue weighted by Gasteiger charge is 2.15. The lowest BCUT2D eigenvalue weighted by Gasteiger charge is -2.09. The van der Waals surface area contributed by atoms with E-state index in [9.17, 15) is 4.79 Å². The van der Waals surface area contributed by atoms with E-state index in [1.807, 2.05) is 34.9 Å². The molecule has 0 aliphatic heterocycles.